The molecule has 1 aromatic rings. The maximum Gasteiger partial charge on any atom is 0.303 e. The lowest BCUT2D eigenvalue weighted by Crippen LogP contribution is -2.52. The zero-order valence-corrected chi connectivity index (χ0v) is 17.8. The number of carbonyl (C=O) groups excluding carboxylic acids is 5. The predicted octanol–water partition coefficient (Wildman–Crippen LogP) is 0.992. The smallest absolute Gasteiger partial charge is 0.303 e. The Morgan fingerprint density at radius 1 is 0.839 bits per heavy atom. The molecule has 0 aliphatic heterocycles. The molecule has 0 radical (unpaired) electrons. The van der Waals surface area contributed by atoms with Gasteiger partial charge >= 0.3 is 23.9 Å². The topological polar surface area (TPSA) is 144 Å². The lowest BCUT2D eigenvalue weighted by atomic mass is 10.1. The number of ether oxygens (including phenoxy) is 5. The molecule has 3 atom stereocenters. The first-order chi connectivity index (χ1) is 14.5. The summed E-state index contributed by atoms with van der Waals surface area (Å²) in [5, 5.41) is 2.51. The number of methoxy groups -OCH3 is 1. The minimum atomic E-state index is -1.74. The second-order valence-corrected chi connectivity index (χ2v) is 6.24. The monoisotopic (exact) mass is 439 g/mol. The van der Waals surface area contributed by atoms with Gasteiger partial charge in [-0.2, -0.15) is 0 Å². The Hall–Kier alpha value is -3.63. The Kier molecular flexibility index (Phi) is 9.96. The van der Waals surface area contributed by atoms with E-state index in [-0.39, 0.29) is 5.69 Å². The molecule has 1 rings (SSSR count). The van der Waals surface area contributed by atoms with E-state index >= 15 is 0 Å². The van der Waals surface area contributed by atoms with Crippen LogP contribution in [0.3, 0.4) is 0 Å². The number of benzene rings is 1. The van der Waals surface area contributed by atoms with E-state index in [0.717, 1.165) is 27.7 Å². The maximum absolute atomic E-state index is 13.0. The lowest BCUT2D eigenvalue weighted by Gasteiger charge is -2.31. The van der Waals surface area contributed by atoms with Crippen molar-refractivity contribution in [2.45, 2.75) is 46.0 Å². The average Bonchev–Trinajstić information content (AvgIpc) is 2.67. The van der Waals surface area contributed by atoms with Gasteiger partial charge in [-0.3, -0.25) is 24.0 Å². The molecule has 0 saturated carbocycles. The molecule has 0 aliphatic carbocycles. The molecule has 1 amide bonds. The van der Waals surface area contributed by atoms with Gasteiger partial charge in [0.15, 0.2) is 12.2 Å². The van der Waals surface area contributed by atoms with Gasteiger partial charge in [-0.05, 0) is 12.1 Å². The molecule has 0 saturated heterocycles. The largest absolute Gasteiger partial charge is 0.495 e. The van der Waals surface area contributed by atoms with Crippen molar-refractivity contribution >= 4 is 35.5 Å². The molecule has 11 nitrogen and oxygen atoms in total. The van der Waals surface area contributed by atoms with Crippen molar-refractivity contribution in [3.63, 3.8) is 0 Å². The van der Waals surface area contributed by atoms with E-state index in [1.165, 1.54) is 13.2 Å². The Morgan fingerprint density at radius 2 is 1.42 bits per heavy atom. The molecule has 11 heteroatoms. The van der Waals surface area contributed by atoms with Crippen molar-refractivity contribution in [2.75, 3.05) is 19.0 Å². The van der Waals surface area contributed by atoms with Crippen molar-refractivity contribution in [1.82, 2.24) is 0 Å². The highest BCUT2D eigenvalue weighted by molar-refractivity contribution is 5.97. The van der Waals surface area contributed by atoms with Crippen molar-refractivity contribution in [3.8, 4) is 5.75 Å². The summed E-state index contributed by atoms with van der Waals surface area (Å²) in [6.45, 7) is 3.73. The van der Waals surface area contributed by atoms with Crippen LogP contribution in [0.2, 0.25) is 0 Å². The molecule has 0 bridgehead atoms. The molecule has 0 unspecified atom stereocenters. The number of amides is 1. The third kappa shape index (κ3) is 8.72. The standard InChI is InChI=1S/C20H25NO10/c1-11(22)28-10-17(29-12(2)23)18(30-13(3)24)19(31-14(4)25)20(26)21-15-8-6-7-9-16(15)27-5/h6-9,17-19H,10H2,1-5H3,(H,21,26)/t17-,18-,19+/m1/s1. The van der Waals surface area contributed by atoms with Crippen LogP contribution >= 0.6 is 0 Å². The summed E-state index contributed by atoms with van der Waals surface area (Å²) in [5.74, 6) is -3.82. The van der Waals surface area contributed by atoms with E-state index in [0.29, 0.717) is 5.75 Å². The van der Waals surface area contributed by atoms with Gasteiger partial charge in [0.05, 0.1) is 12.8 Å². The fourth-order valence-corrected chi connectivity index (χ4v) is 2.53. The Balaban J connectivity index is 3.33. The van der Waals surface area contributed by atoms with E-state index in [1.807, 2.05) is 0 Å². The van der Waals surface area contributed by atoms with Crippen LogP contribution in [0.5, 0.6) is 5.75 Å². The van der Waals surface area contributed by atoms with Crippen molar-refractivity contribution in [3.05, 3.63) is 24.3 Å². The fraction of sp³-hybridized carbons (Fsp3) is 0.450. The molecule has 1 aromatic carbocycles. The summed E-state index contributed by atoms with van der Waals surface area (Å²) in [7, 11) is 1.39. The highest BCUT2D eigenvalue weighted by Gasteiger charge is 2.42. The van der Waals surface area contributed by atoms with Crippen molar-refractivity contribution in [1.29, 1.82) is 0 Å². The zero-order valence-electron chi connectivity index (χ0n) is 17.8. The highest BCUT2D eigenvalue weighted by atomic mass is 16.6. The van der Waals surface area contributed by atoms with Gasteiger partial charge in [0, 0.05) is 27.7 Å². The van der Waals surface area contributed by atoms with E-state index in [4.69, 9.17) is 23.7 Å². The number of carbonyl (C=O) groups is 5. The van der Waals surface area contributed by atoms with E-state index in [2.05, 4.69) is 5.32 Å². The van der Waals surface area contributed by atoms with Crippen LogP contribution in [0.15, 0.2) is 24.3 Å². The summed E-state index contributed by atoms with van der Waals surface area (Å²) >= 11 is 0. The second kappa shape index (κ2) is 12.2. The van der Waals surface area contributed by atoms with E-state index in [1.54, 1.807) is 18.2 Å². The van der Waals surface area contributed by atoms with Crippen LogP contribution < -0.4 is 10.1 Å². The molecule has 170 valence electrons. The van der Waals surface area contributed by atoms with Crippen molar-refractivity contribution < 1.29 is 47.7 Å². The molecule has 0 aliphatic rings. The van der Waals surface area contributed by atoms with Gasteiger partial charge in [-0.1, -0.05) is 12.1 Å². The summed E-state index contributed by atoms with van der Waals surface area (Å²) in [6.07, 6.45) is -4.79. The number of hydrogen-bond donors (Lipinski definition) is 1. The van der Waals surface area contributed by atoms with Crippen LogP contribution in [0.4, 0.5) is 5.69 Å². The van der Waals surface area contributed by atoms with Gasteiger partial charge < -0.3 is 29.0 Å². The first-order valence-corrected chi connectivity index (χ1v) is 9.14. The predicted molar refractivity (Wildman–Crippen MR) is 105 cm³/mol. The number of nitrogens with one attached hydrogen (secondary N) is 1. The molecule has 0 aromatic heterocycles. The number of rotatable bonds is 10. The van der Waals surface area contributed by atoms with Crippen LogP contribution in [0.25, 0.3) is 0 Å². The lowest BCUT2D eigenvalue weighted by molar-refractivity contribution is -0.190. The SMILES string of the molecule is COc1ccccc1NC(=O)[C@@H](OC(C)=O)[C@H](OC(C)=O)[C@@H](COC(C)=O)OC(C)=O. The first kappa shape index (κ1) is 25.4. The Bertz CT molecular complexity index is 822. The van der Waals surface area contributed by atoms with Gasteiger partial charge in [-0.15, -0.1) is 0 Å². The van der Waals surface area contributed by atoms with Gasteiger partial charge in [0.1, 0.15) is 12.4 Å². The number of esters is 4. The van der Waals surface area contributed by atoms with Crippen LogP contribution in [0, 0.1) is 0 Å². The van der Waals surface area contributed by atoms with Crippen LogP contribution in [-0.4, -0.2) is 61.8 Å². The van der Waals surface area contributed by atoms with E-state index < -0.39 is 54.7 Å². The molecule has 0 spiro atoms. The summed E-state index contributed by atoms with van der Waals surface area (Å²) in [6, 6.07) is 6.42. The molecule has 31 heavy (non-hydrogen) atoms. The molecule has 0 fully saturated rings. The normalized spacial score (nSPS) is 13.1. The molecule has 1 N–H and O–H groups in total. The summed E-state index contributed by atoms with van der Waals surface area (Å²) < 4.78 is 25.3. The van der Waals surface area contributed by atoms with Gasteiger partial charge in [0.25, 0.3) is 5.91 Å². The third-order valence-electron chi connectivity index (χ3n) is 3.65. The Morgan fingerprint density at radius 3 is 1.94 bits per heavy atom. The number of hydrogen-bond acceptors (Lipinski definition) is 10. The van der Waals surface area contributed by atoms with E-state index in [9.17, 15) is 24.0 Å². The number of para-hydroxylation sites is 2. The van der Waals surface area contributed by atoms with Crippen LogP contribution in [-0.2, 0) is 42.9 Å². The molecular formula is C20H25NO10. The maximum atomic E-state index is 13.0. The Labute approximate surface area is 178 Å². The van der Waals surface area contributed by atoms with Gasteiger partial charge in [-0.25, -0.2) is 0 Å². The van der Waals surface area contributed by atoms with Crippen molar-refractivity contribution in [2.24, 2.45) is 0 Å². The highest BCUT2D eigenvalue weighted by Crippen LogP contribution is 2.24. The number of anilines is 1. The average molecular weight is 439 g/mol. The third-order valence-corrected chi connectivity index (χ3v) is 3.65. The molecular weight excluding hydrogens is 414 g/mol. The van der Waals surface area contributed by atoms with Crippen LogP contribution in [0.1, 0.15) is 27.7 Å². The molecule has 0 heterocycles. The summed E-state index contributed by atoms with van der Waals surface area (Å²) in [5.41, 5.74) is 0.248. The summed E-state index contributed by atoms with van der Waals surface area (Å²) in [4.78, 5) is 59.1. The minimum Gasteiger partial charge on any atom is -0.495 e. The van der Waals surface area contributed by atoms with Gasteiger partial charge in [0.2, 0.25) is 6.10 Å². The zero-order chi connectivity index (χ0) is 23.6. The fourth-order valence-electron chi connectivity index (χ4n) is 2.53. The first-order valence-electron chi connectivity index (χ1n) is 9.14. The second-order valence-electron chi connectivity index (χ2n) is 6.24. The minimum absolute atomic E-state index is 0.248. The quantitative estimate of drug-likeness (QED) is 0.414.